The van der Waals surface area contributed by atoms with Gasteiger partial charge in [-0.1, -0.05) is 55.4 Å². The van der Waals surface area contributed by atoms with Gasteiger partial charge in [0.1, 0.15) is 24.3 Å². The van der Waals surface area contributed by atoms with E-state index in [-0.39, 0.29) is 59.9 Å². The Labute approximate surface area is 401 Å². The van der Waals surface area contributed by atoms with Crippen LogP contribution in [0, 0.1) is 18.8 Å². The largest absolute Gasteiger partial charge is 0.507 e. The quantitative estimate of drug-likeness (QED) is 0.0831. The maximum atomic E-state index is 14.4. The van der Waals surface area contributed by atoms with Gasteiger partial charge in [0, 0.05) is 57.3 Å². The summed E-state index contributed by atoms with van der Waals surface area (Å²) in [5, 5.41) is 44.3. The fraction of sp³-hybridized carbons (Fsp3) is 0.490. The average molecular weight is 970 g/mol. The SMILES string of the molecule is Cc1ncsc1-c1ccc([C@H](C)NC(=O)[C@@H]2C[C@@H](O)CN2C(=O)C(c2cc(N3CCC(CN4CCC(n5nc(NCC(F)(F)F)c6nnc(-c7ccccc7O)cc65)CC4)CC3)no2)C(C)C)cc1. The van der Waals surface area contributed by atoms with Gasteiger partial charge in [0.25, 0.3) is 0 Å². The Morgan fingerprint density at radius 1 is 0.971 bits per heavy atom. The van der Waals surface area contributed by atoms with E-state index in [1.54, 1.807) is 46.4 Å². The summed E-state index contributed by atoms with van der Waals surface area (Å²) in [4.78, 5) is 39.7. The van der Waals surface area contributed by atoms with Gasteiger partial charge in [0.2, 0.25) is 11.8 Å². The second-order valence-corrected chi connectivity index (χ2v) is 19.9. The number of piperidine rings is 2. The van der Waals surface area contributed by atoms with E-state index < -0.39 is 30.8 Å². The third-order valence-corrected chi connectivity index (χ3v) is 14.8. The van der Waals surface area contributed by atoms with E-state index in [1.165, 1.54) is 4.90 Å². The van der Waals surface area contributed by atoms with E-state index in [0.29, 0.717) is 34.3 Å². The van der Waals surface area contributed by atoms with Crippen molar-refractivity contribution in [1.82, 2.24) is 45.2 Å². The molecule has 3 aliphatic heterocycles. The van der Waals surface area contributed by atoms with Crippen LogP contribution in [0.2, 0.25) is 0 Å². The van der Waals surface area contributed by atoms with Gasteiger partial charge >= 0.3 is 6.18 Å². The number of nitrogens with one attached hydrogen (secondary N) is 2. The third-order valence-electron chi connectivity index (χ3n) is 13.8. The van der Waals surface area contributed by atoms with Crippen LogP contribution < -0.4 is 15.5 Å². The normalized spacial score (nSPS) is 19.7. The lowest BCUT2D eigenvalue weighted by atomic mass is 9.91. The molecule has 0 aliphatic carbocycles. The number of aryl methyl sites for hydroxylation is 1. The lowest BCUT2D eigenvalue weighted by Gasteiger charge is -2.37. The number of aromatic nitrogens is 6. The summed E-state index contributed by atoms with van der Waals surface area (Å²) in [6.45, 7) is 10.5. The molecule has 3 fully saturated rings. The van der Waals surface area contributed by atoms with Gasteiger partial charge in [-0.25, -0.2) is 4.98 Å². The van der Waals surface area contributed by atoms with E-state index in [9.17, 15) is 33.0 Å². The topological polar surface area (TPSA) is 191 Å². The first-order valence-electron chi connectivity index (χ1n) is 23.7. The minimum Gasteiger partial charge on any atom is -0.507 e. The Kier molecular flexibility index (Phi) is 13.9. The number of amides is 2. The molecule has 7 heterocycles. The van der Waals surface area contributed by atoms with Gasteiger partial charge in [-0.05, 0) is 80.7 Å². The molecular formula is C49H58F3N11O5S. The molecule has 366 valence electrons. The molecule has 3 saturated heterocycles. The number of phenols is 1. The van der Waals surface area contributed by atoms with Gasteiger partial charge in [0.05, 0.1) is 45.5 Å². The fourth-order valence-electron chi connectivity index (χ4n) is 10.1. The summed E-state index contributed by atoms with van der Waals surface area (Å²) < 4.78 is 47.4. The molecule has 4 aromatic heterocycles. The fourth-order valence-corrected chi connectivity index (χ4v) is 10.9. The molecule has 20 heteroatoms. The Morgan fingerprint density at radius 2 is 1.71 bits per heavy atom. The molecule has 2 amide bonds. The van der Waals surface area contributed by atoms with Gasteiger partial charge in [-0.2, -0.15) is 18.3 Å². The number of benzene rings is 2. The maximum Gasteiger partial charge on any atom is 0.405 e. The molecule has 2 aromatic carbocycles. The lowest BCUT2D eigenvalue weighted by Crippen LogP contribution is -2.48. The van der Waals surface area contributed by atoms with Crippen LogP contribution in [0.5, 0.6) is 5.75 Å². The Hall–Kier alpha value is -6.12. The highest BCUT2D eigenvalue weighted by molar-refractivity contribution is 7.13. The summed E-state index contributed by atoms with van der Waals surface area (Å²) in [5.41, 5.74) is 6.42. The Morgan fingerprint density at radius 3 is 2.39 bits per heavy atom. The molecule has 4 N–H and O–H groups in total. The minimum atomic E-state index is -4.45. The van der Waals surface area contributed by atoms with Crippen molar-refractivity contribution >= 4 is 45.8 Å². The summed E-state index contributed by atoms with van der Waals surface area (Å²) in [7, 11) is 0. The number of thiazole rings is 1. The molecule has 1 unspecified atom stereocenters. The van der Waals surface area contributed by atoms with Crippen LogP contribution in [-0.4, -0.2) is 126 Å². The van der Waals surface area contributed by atoms with Crippen LogP contribution in [0.25, 0.3) is 32.7 Å². The smallest absolute Gasteiger partial charge is 0.405 e. The maximum absolute atomic E-state index is 14.4. The Bertz CT molecular complexity index is 2740. The van der Waals surface area contributed by atoms with Crippen molar-refractivity contribution in [2.75, 3.05) is 56.0 Å². The number of rotatable bonds is 14. The van der Waals surface area contributed by atoms with E-state index in [1.807, 2.05) is 63.5 Å². The highest BCUT2D eigenvalue weighted by Gasteiger charge is 2.44. The van der Waals surface area contributed by atoms with Crippen LogP contribution in [-0.2, 0) is 9.59 Å². The summed E-state index contributed by atoms with van der Waals surface area (Å²) in [5.74, 6) is 0.0806. The number of aliphatic hydroxyl groups is 1. The number of aromatic hydroxyl groups is 1. The van der Waals surface area contributed by atoms with Gasteiger partial charge in [0.15, 0.2) is 22.9 Å². The number of fused-ring (bicyclic) bond motifs is 1. The number of anilines is 2. The first-order chi connectivity index (χ1) is 33.1. The lowest BCUT2D eigenvalue weighted by molar-refractivity contribution is -0.141. The molecule has 3 aliphatic rings. The standard InChI is InChI=1S/C49H58F3N11O5S/c1-28(2)43(48(67)62-25-35(64)21-39(62)47(66)55-29(3)32-9-11-33(12-10-32)45-30(4)54-27-69-45)41-23-42(59-68-41)61-19-13-31(14-20-61)24-60-17-15-34(16-18-60)63-38-22-37(36-7-5-6-8-40(36)65)56-57-44(38)46(58-63)53-26-49(50,51)52/h5-12,22-23,27-29,31,34-35,39,43,64-65H,13-21,24-26H2,1-4H3,(H,53,58)(H,55,66)/t29-,35+,39-,43?/m0/s1. The van der Waals surface area contributed by atoms with Crippen molar-refractivity contribution < 1.29 is 37.5 Å². The van der Waals surface area contributed by atoms with Crippen molar-refractivity contribution in [2.24, 2.45) is 11.8 Å². The molecule has 0 saturated carbocycles. The number of aliphatic hydroxyl groups excluding tert-OH is 1. The van der Waals surface area contributed by atoms with Crippen molar-refractivity contribution in [1.29, 1.82) is 0 Å². The van der Waals surface area contributed by atoms with E-state index in [2.05, 4.69) is 45.9 Å². The number of carbonyl (C=O) groups excluding carboxylic acids is 2. The van der Waals surface area contributed by atoms with Crippen LogP contribution in [0.4, 0.5) is 24.8 Å². The summed E-state index contributed by atoms with van der Waals surface area (Å²) in [6, 6.07) is 17.1. The number of nitrogens with zero attached hydrogens (tertiary/aromatic N) is 9. The van der Waals surface area contributed by atoms with Crippen molar-refractivity contribution in [3.8, 4) is 27.4 Å². The molecule has 16 nitrogen and oxygen atoms in total. The van der Waals surface area contributed by atoms with E-state index in [0.717, 1.165) is 80.1 Å². The zero-order valence-corrected chi connectivity index (χ0v) is 39.9. The zero-order valence-electron chi connectivity index (χ0n) is 39.1. The predicted octanol–water partition coefficient (Wildman–Crippen LogP) is 7.73. The van der Waals surface area contributed by atoms with Crippen molar-refractivity contribution in [2.45, 2.75) is 96.1 Å². The third kappa shape index (κ3) is 10.6. The number of alkyl halides is 3. The summed E-state index contributed by atoms with van der Waals surface area (Å²) >= 11 is 1.58. The number of hydrogen-bond donors (Lipinski definition) is 4. The molecular weight excluding hydrogens is 912 g/mol. The first-order valence-corrected chi connectivity index (χ1v) is 24.6. The van der Waals surface area contributed by atoms with E-state index >= 15 is 0 Å². The summed E-state index contributed by atoms with van der Waals surface area (Å²) in [6.07, 6.45) is -1.81. The average Bonchev–Trinajstić information content (AvgIpc) is 4.15. The van der Waals surface area contributed by atoms with Gasteiger partial charge in [-0.3, -0.25) is 14.3 Å². The zero-order chi connectivity index (χ0) is 48.6. The monoisotopic (exact) mass is 969 g/mol. The van der Waals surface area contributed by atoms with E-state index in [4.69, 9.17) is 4.52 Å². The number of carbonyl (C=O) groups is 2. The molecule has 4 atom stereocenters. The minimum absolute atomic E-state index is 0.0186. The predicted molar refractivity (Wildman–Crippen MR) is 256 cm³/mol. The number of β-amino-alcohol motifs (C(OH)–C–C–N with tert-alkyl or cyclic N) is 1. The number of phenolic OH excluding ortho intramolecular Hbond substituents is 1. The van der Waals surface area contributed by atoms with Crippen LogP contribution >= 0.6 is 11.3 Å². The van der Waals surface area contributed by atoms with Crippen molar-refractivity contribution in [3.05, 3.63) is 83.2 Å². The van der Waals surface area contributed by atoms with Crippen LogP contribution in [0.1, 0.15) is 87.9 Å². The molecule has 9 rings (SSSR count). The van der Waals surface area contributed by atoms with Crippen molar-refractivity contribution in [3.63, 3.8) is 0 Å². The number of para-hydroxylation sites is 1. The number of likely N-dealkylation sites (tertiary alicyclic amines) is 2. The molecule has 6 aromatic rings. The number of halogens is 3. The first kappa shape index (κ1) is 47.9. The van der Waals surface area contributed by atoms with Crippen LogP contribution in [0.15, 0.2) is 70.7 Å². The number of hydrogen-bond acceptors (Lipinski definition) is 14. The second-order valence-electron chi connectivity index (χ2n) is 19.0. The molecule has 0 spiro atoms. The highest BCUT2D eigenvalue weighted by Crippen LogP contribution is 2.37. The van der Waals surface area contributed by atoms with Gasteiger partial charge in [-0.15, -0.1) is 21.5 Å². The van der Waals surface area contributed by atoms with Crippen LogP contribution in [0.3, 0.4) is 0 Å². The molecule has 0 radical (unpaired) electrons. The highest BCUT2D eigenvalue weighted by atomic mass is 32.1. The molecule has 0 bridgehead atoms. The molecule has 69 heavy (non-hydrogen) atoms. The Balaban J connectivity index is 0.790. The van der Waals surface area contributed by atoms with Gasteiger partial charge < -0.3 is 40.1 Å². The second kappa shape index (κ2) is 20.1.